The van der Waals surface area contributed by atoms with Gasteiger partial charge >= 0.3 is 6.03 Å². The van der Waals surface area contributed by atoms with Gasteiger partial charge in [0, 0.05) is 11.6 Å². The summed E-state index contributed by atoms with van der Waals surface area (Å²) in [5.74, 6) is -1.17. The van der Waals surface area contributed by atoms with Crippen molar-refractivity contribution >= 4 is 6.03 Å². The second kappa shape index (κ2) is 9.32. The molecule has 6 heteroatoms. The Bertz CT molecular complexity index is 1090. The lowest BCUT2D eigenvalue weighted by atomic mass is 9.93. The summed E-state index contributed by atoms with van der Waals surface area (Å²) in [5.41, 5.74) is 4.48. The van der Waals surface area contributed by atoms with Gasteiger partial charge in [-0.1, -0.05) is 54.6 Å². The number of hydrogen-bond donors (Lipinski definition) is 2. The molecule has 3 aromatic rings. The molecule has 0 spiro atoms. The van der Waals surface area contributed by atoms with Gasteiger partial charge in [0.15, 0.2) is 0 Å². The third kappa shape index (κ3) is 4.48. The van der Waals surface area contributed by atoms with Gasteiger partial charge in [-0.3, -0.25) is 0 Å². The third-order valence-electron chi connectivity index (χ3n) is 6.64. The Balaban J connectivity index is 1.14. The second-order valence-corrected chi connectivity index (χ2v) is 8.71. The highest BCUT2D eigenvalue weighted by molar-refractivity contribution is 5.82. The monoisotopic (exact) mass is 448 g/mol. The molecule has 0 atom stereocenters. The molecule has 0 saturated heterocycles. The number of hydrogen-bond acceptors (Lipinski definition) is 2. The van der Waals surface area contributed by atoms with Crippen LogP contribution < -0.4 is 10.6 Å². The molecule has 170 valence electrons. The number of ether oxygens (including phenoxy) is 1. The van der Waals surface area contributed by atoms with Crippen LogP contribution in [0.3, 0.4) is 0 Å². The molecule has 2 aliphatic rings. The molecule has 0 aromatic heterocycles. The van der Waals surface area contributed by atoms with Gasteiger partial charge in [0.1, 0.15) is 11.6 Å². The van der Waals surface area contributed by atoms with E-state index in [4.69, 9.17) is 4.74 Å². The zero-order chi connectivity index (χ0) is 22.8. The van der Waals surface area contributed by atoms with Crippen molar-refractivity contribution in [3.8, 4) is 11.1 Å². The number of halogens is 2. The van der Waals surface area contributed by atoms with Gasteiger partial charge in [-0.15, -0.1) is 0 Å². The van der Waals surface area contributed by atoms with Gasteiger partial charge in [0.25, 0.3) is 0 Å². The van der Waals surface area contributed by atoms with E-state index in [1.165, 1.54) is 18.2 Å². The molecule has 1 saturated carbocycles. The molecule has 2 aliphatic carbocycles. The summed E-state index contributed by atoms with van der Waals surface area (Å²) >= 11 is 0. The zero-order valence-electron chi connectivity index (χ0n) is 18.2. The first-order valence-corrected chi connectivity index (χ1v) is 11.4. The maximum atomic E-state index is 13.8. The van der Waals surface area contributed by atoms with Gasteiger partial charge in [0.05, 0.1) is 18.8 Å². The van der Waals surface area contributed by atoms with Gasteiger partial charge in [0.2, 0.25) is 0 Å². The minimum Gasteiger partial charge on any atom is -0.373 e. The van der Waals surface area contributed by atoms with Crippen LogP contribution >= 0.6 is 0 Å². The lowest BCUT2D eigenvalue weighted by molar-refractivity contribution is 0.00951. The number of carbonyl (C=O) groups is 1. The molecule has 1 fully saturated rings. The normalized spacial score (nSPS) is 19.6. The number of nitrogens with one attached hydrogen (secondary N) is 2. The molecule has 0 aliphatic heterocycles. The van der Waals surface area contributed by atoms with Gasteiger partial charge < -0.3 is 15.4 Å². The Kier molecular flexibility index (Phi) is 6.09. The van der Waals surface area contributed by atoms with E-state index in [9.17, 15) is 13.6 Å². The SMILES string of the molecule is O=C(NC1c2ccccc2-c2ccccc21)N[C@H]1CC[C@H](OCc2c(F)cccc2F)CC1. The molecule has 5 rings (SSSR count). The van der Waals surface area contributed by atoms with Crippen LogP contribution in [0.5, 0.6) is 0 Å². The summed E-state index contributed by atoms with van der Waals surface area (Å²) < 4.78 is 33.3. The Morgan fingerprint density at radius 2 is 1.36 bits per heavy atom. The highest BCUT2D eigenvalue weighted by Gasteiger charge is 2.30. The van der Waals surface area contributed by atoms with E-state index in [1.807, 2.05) is 24.3 Å². The lowest BCUT2D eigenvalue weighted by Gasteiger charge is -2.29. The largest absolute Gasteiger partial charge is 0.373 e. The highest BCUT2D eigenvalue weighted by Crippen LogP contribution is 2.43. The van der Waals surface area contributed by atoms with Gasteiger partial charge in [-0.2, -0.15) is 0 Å². The van der Waals surface area contributed by atoms with Crippen molar-refractivity contribution in [2.75, 3.05) is 0 Å². The molecule has 0 heterocycles. The van der Waals surface area contributed by atoms with Gasteiger partial charge in [-0.05, 0) is 60.1 Å². The minimum absolute atomic E-state index is 0.0331. The van der Waals surface area contributed by atoms with Crippen LogP contribution in [0.4, 0.5) is 13.6 Å². The van der Waals surface area contributed by atoms with E-state index in [-0.39, 0.29) is 36.4 Å². The standard InChI is InChI=1S/C27H26F2N2O2/c28-24-10-5-11-25(29)23(24)16-33-18-14-12-17(13-15-18)30-27(32)31-26-21-8-3-1-6-19(21)20-7-2-4-9-22(20)26/h1-11,17-18,26H,12-16H2,(H2,30,31,32)/t17-,18-. The summed E-state index contributed by atoms with van der Waals surface area (Å²) in [6, 6.07) is 19.8. The molecule has 2 N–H and O–H groups in total. The van der Waals surface area contributed by atoms with Gasteiger partial charge in [-0.25, -0.2) is 13.6 Å². The van der Waals surface area contributed by atoms with Crippen LogP contribution in [0.15, 0.2) is 66.7 Å². The number of amides is 2. The molecule has 3 aromatic carbocycles. The van der Waals surface area contributed by atoms with E-state index >= 15 is 0 Å². The van der Waals surface area contributed by atoms with E-state index in [2.05, 4.69) is 34.9 Å². The average molecular weight is 449 g/mol. The summed E-state index contributed by atoms with van der Waals surface area (Å²) in [6.45, 7) is -0.0811. The molecule has 0 bridgehead atoms. The van der Waals surface area contributed by atoms with Crippen molar-refractivity contribution < 1.29 is 18.3 Å². The fourth-order valence-corrected chi connectivity index (χ4v) is 4.91. The maximum absolute atomic E-state index is 13.8. The molecule has 33 heavy (non-hydrogen) atoms. The predicted molar refractivity (Wildman–Crippen MR) is 123 cm³/mol. The molecule has 2 amide bonds. The number of benzene rings is 3. The second-order valence-electron chi connectivity index (χ2n) is 8.71. The summed E-state index contributed by atoms with van der Waals surface area (Å²) in [4.78, 5) is 12.8. The Hall–Kier alpha value is -3.25. The topological polar surface area (TPSA) is 50.4 Å². The number of urea groups is 1. The van der Waals surface area contributed by atoms with Crippen molar-refractivity contribution in [2.24, 2.45) is 0 Å². The maximum Gasteiger partial charge on any atom is 0.315 e. The minimum atomic E-state index is -0.586. The van der Waals surface area contributed by atoms with Crippen molar-refractivity contribution in [3.05, 3.63) is 95.1 Å². The fraction of sp³-hybridized carbons (Fsp3) is 0.296. The zero-order valence-corrected chi connectivity index (χ0v) is 18.2. The molecule has 4 nitrogen and oxygen atoms in total. The first kappa shape index (κ1) is 21.6. The van der Waals surface area contributed by atoms with E-state index in [0.29, 0.717) is 0 Å². The first-order valence-electron chi connectivity index (χ1n) is 11.4. The van der Waals surface area contributed by atoms with Crippen molar-refractivity contribution in [3.63, 3.8) is 0 Å². The number of carbonyl (C=O) groups excluding carboxylic acids is 1. The predicted octanol–water partition coefficient (Wildman–Crippen LogP) is 5.86. The van der Waals surface area contributed by atoms with Crippen LogP contribution in [0.1, 0.15) is 48.4 Å². The van der Waals surface area contributed by atoms with E-state index < -0.39 is 11.6 Å². The Morgan fingerprint density at radius 1 is 0.788 bits per heavy atom. The Labute approximate surface area is 192 Å². The quantitative estimate of drug-likeness (QED) is 0.514. The van der Waals surface area contributed by atoms with E-state index in [0.717, 1.165) is 47.9 Å². The fourth-order valence-electron chi connectivity index (χ4n) is 4.91. The first-order chi connectivity index (χ1) is 16.1. The van der Waals surface area contributed by atoms with Crippen molar-refractivity contribution in [1.82, 2.24) is 10.6 Å². The average Bonchev–Trinajstić information content (AvgIpc) is 3.14. The Morgan fingerprint density at radius 3 is 1.97 bits per heavy atom. The van der Waals surface area contributed by atoms with Crippen molar-refractivity contribution in [1.29, 1.82) is 0 Å². The van der Waals surface area contributed by atoms with Crippen LogP contribution in [0, 0.1) is 11.6 Å². The lowest BCUT2D eigenvalue weighted by Crippen LogP contribution is -2.45. The summed E-state index contributed by atoms with van der Waals surface area (Å²) in [5, 5.41) is 6.24. The van der Waals surface area contributed by atoms with E-state index in [1.54, 1.807) is 0 Å². The van der Waals surface area contributed by atoms with Crippen LogP contribution in [-0.2, 0) is 11.3 Å². The molecular weight excluding hydrogens is 422 g/mol. The van der Waals surface area contributed by atoms with Crippen LogP contribution in [-0.4, -0.2) is 18.2 Å². The van der Waals surface area contributed by atoms with Crippen molar-refractivity contribution in [2.45, 2.75) is 50.5 Å². The smallest absolute Gasteiger partial charge is 0.315 e. The summed E-state index contributed by atoms with van der Waals surface area (Å²) in [6.07, 6.45) is 2.91. The summed E-state index contributed by atoms with van der Waals surface area (Å²) in [7, 11) is 0. The molecule has 0 radical (unpaired) electrons. The molecular formula is C27H26F2N2O2. The number of fused-ring (bicyclic) bond motifs is 3. The third-order valence-corrected chi connectivity index (χ3v) is 6.64. The molecule has 0 unspecified atom stereocenters. The van der Waals surface area contributed by atoms with Crippen LogP contribution in [0.25, 0.3) is 11.1 Å². The van der Waals surface area contributed by atoms with Crippen LogP contribution in [0.2, 0.25) is 0 Å². The number of rotatable bonds is 5. The highest BCUT2D eigenvalue weighted by atomic mass is 19.1.